The number of nitrogens with zero attached hydrogens (tertiary/aromatic N) is 2. The topological polar surface area (TPSA) is 75.4 Å². The standard InChI is InChI=1S/C16H28N4O3/c1-5-19-7-9-20(10-8-19)16-17-13(11(3)4)12(14(21)18-16)15(22)23-6-2/h11-13H,5-10H2,1-4H3,(H,17,18,21)/p+1/t12-,13+/m1/s1. The van der Waals surface area contributed by atoms with Crippen molar-refractivity contribution in [3.8, 4) is 0 Å². The number of guanidine groups is 1. The van der Waals surface area contributed by atoms with Crippen LogP contribution in [0.1, 0.15) is 27.7 Å². The van der Waals surface area contributed by atoms with Crippen molar-refractivity contribution < 1.29 is 19.2 Å². The lowest BCUT2D eigenvalue weighted by Gasteiger charge is -2.37. The summed E-state index contributed by atoms with van der Waals surface area (Å²) in [6, 6.07) is -0.366. The number of carbonyl (C=O) groups excluding carboxylic acids is 2. The highest BCUT2D eigenvalue weighted by Gasteiger charge is 2.42. The molecular formula is C16H29N4O3+. The number of hydrogen-bond acceptors (Lipinski definition) is 5. The van der Waals surface area contributed by atoms with Crippen LogP contribution >= 0.6 is 0 Å². The lowest BCUT2D eigenvalue weighted by atomic mass is 9.89. The number of ether oxygens (including phenoxy) is 1. The summed E-state index contributed by atoms with van der Waals surface area (Å²) in [5, 5.41) is 2.82. The molecule has 1 amide bonds. The van der Waals surface area contributed by atoms with Gasteiger partial charge in [-0.05, 0) is 19.8 Å². The first kappa shape index (κ1) is 17.7. The van der Waals surface area contributed by atoms with Gasteiger partial charge in [-0.3, -0.25) is 14.9 Å². The molecule has 7 nitrogen and oxygen atoms in total. The molecule has 0 radical (unpaired) electrons. The summed E-state index contributed by atoms with van der Waals surface area (Å²) in [6.45, 7) is 13.1. The maximum Gasteiger partial charge on any atom is 0.320 e. The Bertz CT molecular complexity index is 470. The minimum absolute atomic E-state index is 0.0908. The first-order chi connectivity index (χ1) is 11.0. The number of esters is 1. The molecule has 0 aromatic heterocycles. The van der Waals surface area contributed by atoms with Crippen molar-refractivity contribution in [2.75, 3.05) is 39.3 Å². The highest BCUT2D eigenvalue weighted by Crippen LogP contribution is 2.22. The molecule has 0 saturated carbocycles. The number of amides is 1. The second-order valence-electron chi connectivity index (χ2n) is 6.50. The quantitative estimate of drug-likeness (QED) is 0.508. The van der Waals surface area contributed by atoms with Gasteiger partial charge in [-0.1, -0.05) is 13.8 Å². The largest absolute Gasteiger partial charge is 0.465 e. The number of hydrogen-bond donors (Lipinski definition) is 2. The van der Waals surface area contributed by atoms with Crippen molar-refractivity contribution in [2.24, 2.45) is 16.8 Å². The predicted molar refractivity (Wildman–Crippen MR) is 87.1 cm³/mol. The predicted octanol–water partition coefficient (Wildman–Crippen LogP) is -1.10. The van der Waals surface area contributed by atoms with Gasteiger partial charge >= 0.3 is 5.97 Å². The van der Waals surface area contributed by atoms with Gasteiger partial charge in [-0.15, -0.1) is 0 Å². The first-order valence-electron chi connectivity index (χ1n) is 8.61. The molecule has 7 heteroatoms. The number of rotatable bonds is 4. The lowest BCUT2D eigenvalue weighted by Crippen LogP contribution is -3.14. The fraction of sp³-hybridized carbons (Fsp3) is 0.812. The summed E-state index contributed by atoms with van der Waals surface area (Å²) >= 11 is 0. The molecule has 2 rings (SSSR count). The van der Waals surface area contributed by atoms with Crippen LogP contribution in [0.2, 0.25) is 0 Å². The van der Waals surface area contributed by atoms with Crippen LogP contribution in [0.4, 0.5) is 0 Å². The molecule has 1 saturated heterocycles. The van der Waals surface area contributed by atoms with Gasteiger partial charge in [0, 0.05) is 0 Å². The third-order valence-electron chi connectivity index (χ3n) is 4.62. The third-order valence-corrected chi connectivity index (χ3v) is 4.62. The van der Waals surface area contributed by atoms with Crippen LogP contribution < -0.4 is 10.2 Å². The lowest BCUT2D eigenvalue weighted by molar-refractivity contribution is -0.902. The molecule has 2 heterocycles. The van der Waals surface area contributed by atoms with E-state index in [1.807, 2.05) is 13.8 Å². The first-order valence-corrected chi connectivity index (χ1v) is 8.61. The highest BCUT2D eigenvalue weighted by molar-refractivity contribution is 6.08. The zero-order chi connectivity index (χ0) is 17.0. The van der Waals surface area contributed by atoms with Crippen LogP contribution in [0.25, 0.3) is 0 Å². The van der Waals surface area contributed by atoms with E-state index in [1.165, 1.54) is 0 Å². The van der Waals surface area contributed by atoms with E-state index >= 15 is 0 Å². The maximum absolute atomic E-state index is 12.5. The van der Waals surface area contributed by atoms with E-state index in [0.717, 1.165) is 32.7 Å². The van der Waals surface area contributed by atoms with E-state index in [4.69, 9.17) is 9.73 Å². The van der Waals surface area contributed by atoms with E-state index in [-0.39, 0.29) is 24.5 Å². The number of piperazine rings is 1. The molecule has 1 fully saturated rings. The Balaban J connectivity index is 2.15. The molecule has 130 valence electrons. The van der Waals surface area contributed by atoms with Crippen molar-refractivity contribution in [1.82, 2.24) is 10.2 Å². The molecular weight excluding hydrogens is 296 g/mol. The van der Waals surface area contributed by atoms with Crippen molar-refractivity contribution in [3.63, 3.8) is 0 Å². The average Bonchev–Trinajstić information content (AvgIpc) is 2.54. The van der Waals surface area contributed by atoms with Gasteiger partial charge in [-0.25, -0.2) is 4.99 Å². The number of nitrogens with one attached hydrogen (secondary N) is 2. The van der Waals surface area contributed by atoms with Gasteiger partial charge < -0.3 is 14.5 Å². The molecule has 2 atom stereocenters. The molecule has 0 spiro atoms. The summed E-state index contributed by atoms with van der Waals surface area (Å²) < 4.78 is 5.06. The Hall–Kier alpha value is -1.63. The molecule has 2 aliphatic rings. The Labute approximate surface area is 138 Å². The third kappa shape index (κ3) is 4.02. The zero-order valence-electron chi connectivity index (χ0n) is 14.6. The molecule has 2 N–H and O–H groups in total. The maximum atomic E-state index is 12.5. The van der Waals surface area contributed by atoms with E-state index < -0.39 is 11.9 Å². The minimum Gasteiger partial charge on any atom is -0.465 e. The minimum atomic E-state index is -0.846. The second-order valence-corrected chi connectivity index (χ2v) is 6.50. The summed E-state index contributed by atoms with van der Waals surface area (Å²) in [5.74, 6) is -0.914. The van der Waals surface area contributed by atoms with E-state index in [9.17, 15) is 9.59 Å². The van der Waals surface area contributed by atoms with E-state index in [0.29, 0.717) is 5.96 Å². The van der Waals surface area contributed by atoms with Crippen LogP contribution in [-0.4, -0.2) is 68.1 Å². The number of quaternary nitrogens is 1. The molecule has 0 aromatic rings. The summed E-state index contributed by atoms with van der Waals surface area (Å²) in [5.41, 5.74) is 0. The number of carbonyl (C=O) groups is 2. The zero-order valence-corrected chi connectivity index (χ0v) is 14.6. The van der Waals surface area contributed by atoms with Gasteiger partial charge in [0.25, 0.3) is 0 Å². The molecule has 23 heavy (non-hydrogen) atoms. The van der Waals surface area contributed by atoms with Crippen molar-refractivity contribution in [3.05, 3.63) is 0 Å². The van der Waals surface area contributed by atoms with Gasteiger partial charge in [0.05, 0.1) is 45.4 Å². The highest BCUT2D eigenvalue weighted by atomic mass is 16.5. The van der Waals surface area contributed by atoms with Crippen LogP contribution in [0.5, 0.6) is 0 Å². The molecule has 0 bridgehead atoms. The Morgan fingerprint density at radius 2 is 2.04 bits per heavy atom. The summed E-state index contributed by atoms with van der Waals surface area (Å²) in [6.07, 6.45) is 0. The average molecular weight is 325 g/mol. The van der Waals surface area contributed by atoms with Gasteiger partial charge in [0.15, 0.2) is 5.92 Å². The van der Waals surface area contributed by atoms with Crippen LogP contribution in [0, 0.1) is 11.8 Å². The van der Waals surface area contributed by atoms with Gasteiger partial charge in [-0.2, -0.15) is 0 Å². The Morgan fingerprint density at radius 3 is 2.57 bits per heavy atom. The fourth-order valence-corrected chi connectivity index (χ4v) is 3.15. The SMILES string of the molecule is CCOC(=O)[C@H]1C(=O)NC(N2CC[NH+](CC)CC2)=N[C@H]1C(C)C. The molecule has 0 aliphatic carbocycles. The van der Waals surface area contributed by atoms with E-state index in [1.54, 1.807) is 11.8 Å². The fourth-order valence-electron chi connectivity index (χ4n) is 3.15. The Morgan fingerprint density at radius 1 is 1.39 bits per heavy atom. The van der Waals surface area contributed by atoms with Crippen molar-refractivity contribution >= 4 is 17.8 Å². The molecule has 0 aromatic carbocycles. The molecule has 2 aliphatic heterocycles. The summed E-state index contributed by atoms with van der Waals surface area (Å²) in [4.78, 5) is 33.0. The van der Waals surface area contributed by atoms with Crippen molar-refractivity contribution in [1.29, 1.82) is 0 Å². The van der Waals surface area contributed by atoms with E-state index in [2.05, 4.69) is 17.1 Å². The second kappa shape index (κ2) is 7.77. The van der Waals surface area contributed by atoms with Crippen LogP contribution in [0.15, 0.2) is 4.99 Å². The number of likely N-dealkylation sites (N-methyl/N-ethyl adjacent to an activating group) is 1. The van der Waals surface area contributed by atoms with Gasteiger partial charge in [0.2, 0.25) is 11.9 Å². The smallest absolute Gasteiger partial charge is 0.320 e. The monoisotopic (exact) mass is 325 g/mol. The van der Waals surface area contributed by atoms with Crippen LogP contribution in [-0.2, 0) is 14.3 Å². The van der Waals surface area contributed by atoms with Crippen molar-refractivity contribution in [2.45, 2.75) is 33.7 Å². The van der Waals surface area contributed by atoms with Gasteiger partial charge in [0.1, 0.15) is 0 Å². The summed E-state index contributed by atoms with van der Waals surface area (Å²) in [7, 11) is 0. The Kier molecular flexibility index (Phi) is 5.98. The normalized spacial score (nSPS) is 26.0. The number of aliphatic imine (C=N–C) groups is 1. The van der Waals surface area contributed by atoms with Crippen LogP contribution in [0.3, 0.4) is 0 Å². The molecule has 0 unspecified atom stereocenters.